The van der Waals surface area contributed by atoms with Crippen LogP contribution in [0.5, 0.6) is 5.75 Å². The Morgan fingerprint density at radius 2 is 1.94 bits per heavy atom. The Hall–Kier alpha value is -1.51. The molecule has 1 heterocycles. The molecule has 18 heavy (non-hydrogen) atoms. The maximum atomic E-state index is 5.17. The highest BCUT2D eigenvalue weighted by molar-refractivity contribution is 5.82. The monoisotopic (exact) mass is 246 g/mol. The largest absolute Gasteiger partial charge is 0.497 e. The number of methoxy groups -OCH3 is 1. The fourth-order valence-corrected chi connectivity index (χ4v) is 2.22. The van der Waals surface area contributed by atoms with Crippen molar-refractivity contribution in [1.29, 1.82) is 0 Å². The summed E-state index contributed by atoms with van der Waals surface area (Å²) in [6.45, 7) is 3.15. The van der Waals surface area contributed by atoms with Gasteiger partial charge < -0.3 is 10.1 Å². The summed E-state index contributed by atoms with van der Waals surface area (Å²) in [5.74, 6) is 2.06. The van der Waals surface area contributed by atoms with E-state index in [1.54, 1.807) is 7.11 Å². The third-order valence-electron chi connectivity index (χ3n) is 3.37. The average molecular weight is 246 g/mol. The summed E-state index contributed by atoms with van der Waals surface area (Å²) in [6, 6.07) is 8.51. The normalized spacial score (nSPS) is 17.6. The lowest BCUT2D eigenvalue weighted by atomic mass is 10.1. The SMILES string of the molecule is COc1ccc([C@H](C)NC2=NCCCCC2)cc1. The van der Waals surface area contributed by atoms with E-state index in [1.807, 2.05) is 12.1 Å². The molecule has 1 aliphatic rings. The van der Waals surface area contributed by atoms with Gasteiger partial charge in [-0.3, -0.25) is 4.99 Å². The number of ether oxygens (including phenoxy) is 1. The predicted molar refractivity (Wildman–Crippen MR) is 75.3 cm³/mol. The molecule has 0 aliphatic carbocycles. The molecule has 0 saturated carbocycles. The van der Waals surface area contributed by atoms with E-state index in [1.165, 1.54) is 24.8 Å². The van der Waals surface area contributed by atoms with Gasteiger partial charge in [-0.1, -0.05) is 18.6 Å². The second kappa shape index (κ2) is 6.43. The Labute approximate surface area is 109 Å². The molecule has 3 nitrogen and oxygen atoms in total. The van der Waals surface area contributed by atoms with Crippen LogP contribution in [0.15, 0.2) is 29.3 Å². The third kappa shape index (κ3) is 3.49. The van der Waals surface area contributed by atoms with Gasteiger partial charge in [-0.05, 0) is 37.5 Å². The van der Waals surface area contributed by atoms with Crippen LogP contribution in [-0.2, 0) is 0 Å². The molecule has 0 aromatic heterocycles. The number of nitrogens with zero attached hydrogens (tertiary/aromatic N) is 1. The molecule has 0 saturated heterocycles. The Kier molecular flexibility index (Phi) is 4.62. The van der Waals surface area contributed by atoms with E-state index in [0.717, 1.165) is 24.6 Å². The highest BCUT2D eigenvalue weighted by Crippen LogP contribution is 2.18. The molecule has 1 atom stereocenters. The van der Waals surface area contributed by atoms with Crippen LogP contribution >= 0.6 is 0 Å². The van der Waals surface area contributed by atoms with Crippen molar-refractivity contribution in [3.05, 3.63) is 29.8 Å². The zero-order valence-corrected chi connectivity index (χ0v) is 11.3. The van der Waals surface area contributed by atoms with Crippen molar-refractivity contribution in [3.63, 3.8) is 0 Å². The van der Waals surface area contributed by atoms with Crippen LogP contribution in [0.25, 0.3) is 0 Å². The molecule has 0 spiro atoms. The number of nitrogens with one attached hydrogen (secondary N) is 1. The number of aliphatic imine (C=N–C) groups is 1. The van der Waals surface area contributed by atoms with Crippen LogP contribution in [0, 0.1) is 0 Å². The molecule has 0 amide bonds. The second-order valence-electron chi connectivity index (χ2n) is 4.78. The van der Waals surface area contributed by atoms with Gasteiger partial charge in [0.1, 0.15) is 5.75 Å². The topological polar surface area (TPSA) is 33.6 Å². The minimum Gasteiger partial charge on any atom is -0.497 e. The van der Waals surface area contributed by atoms with E-state index < -0.39 is 0 Å². The first kappa shape index (κ1) is 12.9. The van der Waals surface area contributed by atoms with Crippen molar-refractivity contribution >= 4 is 5.84 Å². The third-order valence-corrected chi connectivity index (χ3v) is 3.37. The molecule has 0 unspecified atom stereocenters. The summed E-state index contributed by atoms with van der Waals surface area (Å²) in [5.41, 5.74) is 1.27. The van der Waals surface area contributed by atoms with Crippen LogP contribution in [0.2, 0.25) is 0 Å². The standard InChI is InChI=1S/C15H22N2O/c1-12(13-7-9-14(18-2)10-8-13)17-15-6-4-3-5-11-16-15/h7-10,12H,3-6,11H2,1-2H3,(H,16,17)/t12-/m0/s1. The van der Waals surface area contributed by atoms with Gasteiger partial charge in [0.25, 0.3) is 0 Å². The zero-order valence-electron chi connectivity index (χ0n) is 11.3. The molecular formula is C15H22N2O. The van der Waals surface area contributed by atoms with Crippen LogP contribution < -0.4 is 10.1 Å². The number of hydrogen-bond acceptors (Lipinski definition) is 3. The second-order valence-corrected chi connectivity index (χ2v) is 4.78. The van der Waals surface area contributed by atoms with Crippen molar-refractivity contribution in [2.45, 2.75) is 38.6 Å². The summed E-state index contributed by atoms with van der Waals surface area (Å²) in [4.78, 5) is 4.60. The van der Waals surface area contributed by atoms with E-state index >= 15 is 0 Å². The maximum absolute atomic E-state index is 5.17. The summed E-state index contributed by atoms with van der Waals surface area (Å²) in [6.07, 6.45) is 4.86. The van der Waals surface area contributed by atoms with Gasteiger partial charge in [-0.15, -0.1) is 0 Å². The van der Waals surface area contributed by atoms with E-state index in [2.05, 4.69) is 29.4 Å². The van der Waals surface area contributed by atoms with Crippen LogP contribution in [0.4, 0.5) is 0 Å². The van der Waals surface area contributed by atoms with E-state index in [9.17, 15) is 0 Å². The molecule has 2 rings (SSSR count). The summed E-state index contributed by atoms with van der Waals surface area (Å²) in [7, 11) is 1.69. The Balaban J connectivity index is 1.97. The first-order valence-corrected chi connectivity index (χ1v) is 6.73. The van der Waals surface area contributed by atoms with E-state index in [4.69, 9.17) is 4.74 Å². The average Bonchev–Trinajstić information content (AvgIpc) is 2.67. The number of benzene rings is 1. The maximum Gasteiger partial charge on any atom is 0.118 e. The van der Waals surface area contributed by atoms with Gasteiger partial charge >= 0.3 is 0 Å². The minimum atomic E-state index is 0.299. The number of amidine groups is 1. The summed E-state index contributed by atoms with van der Waals surface area (Å²) < 4.78 is 5.17. The van der Waals surface area contributed by atoms with Gasteiger partial charge in [0.2, 0.25) is 0 Å². The molecule has 98 valence electrons. The van der Waals surface area contributed by atoms with Crippen LogP contribution in [0.3, 0.4) is 0 Å². The molecule has 3 heteroatoms. The molecule has 1 aliphatic heterocycles. The van der Waals surface area contributed by atoms with Crippen molar-refractivity contribution < 1.29 is 4.74 Å². The fraction of sp³-hybridized carbons (Fsp3) is 0.533. The fourth-order valence-electron chi connectivity index (χ4n) is 2.22. The van der Waals surface area contributed by atoms with Gasteiger partial charge in [0.15, 0.2) is 0 Å². The number of hydrogen-bond donors (Lipinski definition) is 1. The molecular weight excluding hydrogens is 224 g/mol. The van der Waals surface area contributed by atoms with Crippen molar-refractivity contribution in [2.75, 3.05) is 13.7 Å². The van der Waals surface area contributed by atoms with Crippen LogP contribution in [-0.4, -0.2) is 19.5 Å². The zero-order chi connectivity index (χ0) is 12.8. The molecule has 1 aromatic carbocycles. The Bertz CT molecular complexity index is 397. The predicted octanol–water partition coefficient (Wildman–Crippen LogP) is 3.32. The quantitative estimate of drug-likeness (QED) is 0.887. The Morgan fingerprint density at radius 3 is 2.67 bits per heavy atom. The van der Waals surface area contributed by atoms with Crippen LogP contribution in [0.1, 0.15) is 44.2 Å². The first-order valence-electron chi connectivity index (χ1n) is 6.73. The smallest absolute Gasteiger partial charge is 0.118 e. The van der Waals surface area contributed by atoms with Gasteiger partial charge in [-0.2, -0.15) is 0 Å². The van der Waals surface area contributed by atoms with Gasteiger partial charge in [0, 0.05) is 19.0 Å². The molecule has 1 aromatic rings. The summed E-state index contributed by atoms with van der Waals surface area (Å²) in [5, 5.41) is 3.52. The highest BCUT2D eigenvalue weighted by Gasteiger charge is 2.09. The Morgan fingerprint density at radius 1 is 1.17 bits per heavy atom. The van der Waals surface area contributed by atoms with Gasteiger partial charge in [0.05, 0.1) is 12.9 Å². The minimum absolute atomic E-state index is 0.299. The summed E-state index contributed by atoms with van der Waals surface area (Å²) >= 11 is 0. The lowest BCUT2D eigenvalue weighted by Gasteiger charge is -2.17. The molecule has 0 bridgehead atoms. The lowest BCUT2D eigenvalue weighted by molar-refractivity contribution is 0.414. The first-order chi connectivity index (χ1) is 8.79. The highest BCUT2D eigenvalue weighted by atomic mass is 16.5. The van der Waals surface area contributed by atoms with E-state index in [-0.39, 0.29) is 0 Å². The van der Waals surface area contributed by atoms with E-state index in [0.29, 0.717) is 6.04 Å². The number of rotatable bonds is 3. The molecule has 1 N–H and O–H groups in total. The van der Waals surface area contributed by atoms with Gasteiger partial charge in [-0.25, -0.2) is 0 Å². The lowest BCUT2D eigenvalue weighted by Crippen LogP contribution is -2.26. The van der Waals surface area contributed by atoms with Crippen molar-refractivity contribution in [1.82, 2.24) is 5.32 Å². The molecule has 0 fully saturated rings. The van der Waals surface area contributed by atoms with Crippen molar-refractivity contribution in [3.8, 4) is 5.75 Å². The van der Waals surface area contributed by atoms with Crippen molar-refractivity contribution in [2.24, 2.45) is 4.99 Å². The molecule has 0 radical (unpaired) electrons.